The lowest BCUT2D eigenvalue weighted by molar-refractivity contribution is 0.599. The van der Waals surface area contributed by atoms with Crippen molar-refractivity contribution in [3.63, 3.8) is 0 Å². The minimum absolute atomic E-state index is 0.0442. The number of nitrogens with zero attached hydrogens (tertiary/aromatic N) is 4. The zero-order chi connectivity index (χ0) is 11.5. The van der Waals surface area contributed by atoms with E-state index in [1.54, 1.807) is 12.5 Å². The van der Waals surface area contributed by atoms with E-state index >= 15 is 0 Å². The molecule has 86 valence electrons. The van der Waals surface area contributed by atoms with E-state index in [0.717, 1.165) is 17.9 Å². The van der Waals surface area contributed by atoms with Crippen LogP contribution in [0.5, 0.6) is 0 Å². The van der Waals surface area contributed by atoms with Crippen LogP contribution in [0.3, 0.4) is 0 Å². The fourth-order valence-electron chi connectivity index (χ4n) is 1.68. The highest BCUT2D eigenvalue weighted by Crippen LogP contribution is 2.14. The van der Waals surface area contributed by atoms with Crippen molar-refractivity contribution in [2.75, 3.05) is 0 Å². The Morgan fingerprint density at radius 2 is 2.31 bits per heavy atom. The van der Waals surface area contributed by atoms with Crippen LogP contribution in [0.1, 0.15) is 30.9 Å². The molecular weight excluding hydrogens is 202 g/mol. The van der Waals surface area contributed by atoms with Gasteiger partial charge in [-0.25, -0.2) is 9.97 Å². The number of hydrogen-bond acceptors (Lipinski definition) is 3. The summed E-state index contributed by atoms with van der Waals surface area (Å²) in [6.07, 6.45) is 8.28. The third kappa shape index (κ3) is 1.99. The van der Waals surface area contributed by atoms with Gasteiger partial charge in [-0.3, -0.25) is 0 Å². The Labute approximate surface area is 94.9 Å². The fourth-order valence-corrected chi connectivity index (χ4v) is 1.68. The first-order chi connectivity index (χ1) is 7.72. The van der Waals surface area contributed by atoms with E-state index in [1.807, 2.05) is 24.0 Å². The number of rotatable bonds is 4. The molecule has 2 N–H and O–H groups in total. The standard InChI is InChI=1S/C11H17N5/c1-3-9(12)10-6-13-8-16(10)7-11-14-4-5-15(11)2/h4-6,8-9H,3,7,12H2,1-2H3/t9-/m1/s1. The lowest BCUT2D eigenvalue weighted by atomic mass is 10.2. The van der Waals surface area contributed by atoms with Gasteiger partial charge in [0, 0.05) is 31.7 Å². The van der Waals surface area contributed by atoms with Gasteiger partial charge >= 0.3 is 0 Å². The summed E-state index contributed by atoms with van der Waals surface area (Å²) in [7, 11) is 1.98. The average Bonchev–Trinajstić information content (AvgIpc) is 2.88. The van der Waals surface area contributed by atoms with E-state index in [4.69, 9.17) is 5.73 Å². The molecule has 2 aromatic heterocycles. The highest BCUT2D eigenvalue weighted by atomic mass is 15.1. The summed E-state index contributed by atoms with van der Waals surface area (Å²) in [4.78, 5) is 8.44. The monoisotopic (exact) mass is 219 g/mol. The zero-order valence-corrected chi connectivity index (χ0v) is 9.67. The van der Waals surface area contributed by atoms with Crippen LogP contribution in [0.15, 0.2) is 24.9 Å². The molecule has 16 heavy (non-hydrogen) atoms. The topological polar surface area (TPSA) is 61.7 Å². The van der Waals surface area contributed by atoms with Gasteiger partial charge in [0.2, 0.25) is 0 Å². The lowest BCUT2D eigenvalue weighted by Crippen LogP contribution is -2.16. The maximum atomic E-state index is 6.02. The molecule has 0 aliphatic rings. The van der Waals surface area contributed by atoms with Crippen molar-refractivity contribution in [3.05, 3.63) is 36.4 Å². The predicted octanol–water partition coefficient (Wildman–Crippen LogP) is 1.07. The molecule has 2 heterocycles. The van der Waals surface area contributed by atoms with E-state index in [9.17, 15) is 0 Å². The van der Waals surface area contributed by atoms with Gasteiger partial charge in [-0.15, -0.1) is 0 Å². The molecule has 0 aromatic carbocycles. The van der Waals surface area contributed by atoms with Crippen molar-refractivity contribution in [1.82, 2.24) is 19.1 Å². The van der Waals surface area contributed by atoms with Gasteiger partial charge in [-0.2, -0.15) is 0 Å². The number of aryl methyl sites for hydroxylation is 1. The molecule has 5 nitrogen and oxygen atoms in total. The summed E-state index contributed by atoms with van der Waals surface area (Å²) in [5.74, 6) is 1.00. The van der Waals surface area contributed by atoms with Crippen LogP contribution in [-0.4, -0.2) is 19.1 Å². The van der Waals surface area contributed by atoms with Crippen molar-refractivity contribution >= 4 is 0 Å². The molecular formula is C11H17N5. The number of nitrogens with two attached hydrogens (primary N) is 1. The van der Waals surface area contributed by atoms with Crippen molar-refractivity contribution in [3.8, 4) is 0 Å². The molecule has 0 fully saturated rings. The van der Waals surface area contributed by atoms with Crippen LogP contribution < -0.4 is 5.73 Å². The van der Waals surface area contributed by atoms with Crippen molar-refractivity contribution in [1.29, 1.82) is 0 Å². The molecule has 0 spiro atoms. The second kappa shape index (κ2) is 4.49. The summed E-state index contributed by atoms with van der Waals surface area (Å²) < 4.78 is 4.05. The summed E-state index contributed by atoms with van der Waals surface area (Å²) in [6.45, 7) is 2.79. The number of hydrogen-bond donors (Lipinski definition) is 1. The molecule has 5 heteroatoms. The molecule has 0 aliphatic heterocycles. The van der Waals surface area contributed by atoms with Gasteiger partial charge in [-0.1, -0.05) is 6.92 Å². The van der Waals surface area contributed by atoms with Gasteiger partial charge in [0.25, 0.3) is 0 Å². The Balaban J connectivity index is 2.22. The molecule has 1 atom stereocenters. The molecule has 0 amide bonds. The Morgan fingerprint density at radius 3 is 2.94 bits per heavy atom. The summed E-state index contributed by atoms with van der Waals surface area (Å²) >= 11 is 0. The molecule has 0 saturated heterocycles. The maximum Gasteiger partial charge on any atom is 0.128 e. The van der Waals surface area contributed by atoms with Crippen LogP contribution in [0.4, 0.5) is 0 Å². The van der Waals surface area contributed by atoms with E-state index in [0.29, 0.717) is 6.54 Å². The van der Waals surface area contributed by atoms with Gasteiger partial charge in [0.05, 0.1) is 18.6 Å². The quantitative estimate of drug-likeness (QED) is 0.836. The summed E-state index contributed by atoms with van der Waals surface area (Å²) in [6, 6.07) is 0.0442. The minimum atomic E-state index is 0.0442. The van der Waals surface area contributed by atoms with Gasteiger partial charge in [-0.05, 0) is 6.42 Å². The zero-order valence-electron chi connectivity index (χ0n) is 9.67. The third-order valence-electron chi connectivity index (χ3n) is 2.80. The second-order valence-corrected chi connectivity index (χ2v) is 3.92. The SMILES string of the molecule is CC[C@@H](N)c1cncn1Cc1nccn1C. The van der Waals surface area contributed by atoms with E-state index in [2.05, 4.69) is 21.5 Å². The normalized spacial score (nSPS) is 12.9. The Hall–Kier alpha value is -1.62. The number of imidazole rings is 2. The van der Waals surface area contributed by atoms with Crippen molar-refractivity contribution in [2.45, 2.75) is 25.9 Å². The Kier molecular flexibility index (Phi) is 3.05. The number of aromatic nitrogens is 4. The van der Waals surface area contributed by atoms with Crippen LogP contribution in [0.2, 0.25) is 0 Å². The largest absolute Gasteiger partial charge is 0.337 e. The van der Waals surface area contributed by atoms with Crippen LogP contribution in [0.25, 0.3) is 0 Å². The van der Waals surface area contributed by atoms with Crippen LogP contribution in [0, 0.1) is 0 Å². The van der Waals surface area contributed by atoms with Gasteiger partial charge in [0.1, 0.15) is 5.82 Å². The maximum absolute atomic E-state index is 6.02. The Bertz CT molecular complexity index is 456. The molecule has 0 aliphatic carbocycles. The molecule has 0 bridgehead atoms. The smallest absolute Gasteiger partial charge is 0.128 e. The summed E-state index contributed by atoms with van der Waals surface area (Å²) in [5.41, 5.74) is 7.08. The fraction of sp³-hybridized carbons (Fsp3) is 0.455. The first kappa shape index (κ1) is 10.9. The minimum Gasteiger partial charge on any atom is -0.337 e. The molecule has 0 saturated carbocycles. The van der Waals surface area contributed by atoms with Crippen molar-refractivity contribution < 1.29 is 0 Å². The van der Waals surface area contributed by atoms with Crippen molar-refractivity contribution in [2.24, 2.45) is 12.8 Å². The Morgan fingerprint density at radius 1 is 1.50 bits per heavy atom. The first-order valence-corrected chi connectivity index (χ1v) is 5.44. The second-order valence-electron chi connectivity index (χ2n) is 3.92. The highest BCUT2D eigenvalue weighted by Gasteiger charge is 2.10. The van der Waals surface area contributed by atoms with Crippen LogP contribution >= 0.6 is 0 Å². The summed E-state index contributed by atoms with van der Waals surface area (Å²) in [5, 5.41) is 0. The van der Waals surface area contributed by atoms with Gasteiger partial charge in [0.15, 0.2) is 0 Å². The highest BCUT2D eigenvalue weighted by molar-refractivity contribution is 5.06. The first-order valence-electron chi connectivity index (χ1n) is 5.44. The average molecular weight is 219 g/mol. The predicted molar refractivity (Wildman–Crippen MR) is 61.8 cm³/mol. The third-order valence-corrected chi connectivity index (χ3v) is 2.80. The van der Waals surface area contributed by atoms with E-state index < -0.39 is 0 Å². The molecule has 0 unspecified atom stereocenters. The van der Waals surface area contributed by atoms with Gasteiger partial charge < -0.3 is 14.9 Å². The molecule has 2 rings (SSSR count). The van der Waals surface area contributed by atoms with E-state index in [-0.39, 0.29) is 6.04 Å². The molecule has 2 aromatic rings. The van der Waals surface area contributed by atoms with E-state index in [1.165, 1.54) is 0 Å². The van der Waals surface area contributed by atoms with Crippen LogP contribution in [-0.2, 0) is 13.6 Å². The lowest BCUT2D eigenvalue weighted by Gasteiger charge is -2.12. The molecule has 0 radical (unpaired) electrons.